The topological polar surface area (TPSA) is 67.9 Å². The molecule has 0 fully saturated rings. The van der Waals surface area contributed by atoms with E-state index in [1.807, 2.05) is 42.5 Å². The lowest BCUT2D eigenvalue weighted by Gasteiger charge is -2.31. The first-order valence-corrected chi connectivity index (χ1v) is 10.9. The molecule has 0 radical (unpaired) electrons. The van der Waals surface area contributed by atoms with Crippen LogP contribution in [0.1, 0.15) is 11.1 Å². The van der Waals surface area contributed by atoms with E-state index in [2.05, 4.69) is 5.32 Å². The van der Waals surface area contributed by atoms with Crippen molar-refractivity contribution in [1.82, 2.24) is 10.2 Å². The normalized spacial score (nSPS) is 11.4. The molecule has 3 aromatic carbocycles. The van der Waals surface area contributed by atoms with Gasteiger partial charge in [0.15, 0.2) is 6.61 Å². The first-order chi connectivity index (χ1) is 16.0. The number of benzene rings is 3. The molecule has 2 amide bonds. The molecule has 0 saturated carbocycles. The van der Waals surface area contributed by atoms with Crippen LogP contribution in [-0.2, 0) is 22.6 Å². The summed E-state index contributed by atoms with van der Waals surface area (Å²) < 4.78 is 10.9. The lowest BCUT2D eigenvalue weighted by molar-refractivity contribution is -0.142. The Balaban J connectivity index is 1.84. The molecule has 0 aromatic heterocycles. The van der Waals surface area contributed by atoms with Crippen LogP contribution in [0.15, 0.2) is 78.9 Å². The van der Waals surface area contributed by atoms with E-state index < -0.39 is 6.04 Å². The van der Waals surface area contributed by atoms with Crippen molar-refractivity contribution in [1.29, 1.82) is 0 Å². The second kappa shape index (κ2) is 11.9. The molecular formula is C26H27ClN2O4. The Kier molecular flexibility index (Phi) is 8.72. The number of carbonyl (C=O) groups is 2. The van der Waals surface area contributed by atoms with Crippen LogP contribution in [0.5, 0.6) is 11.5 Å². The van der Waals surface area contributed by atoms with Crippen LogP contribution in [-0.4, -0.2) is 43.5 Å². The van der Waals surface area contributed by atoms with Gasteiger partial charge >= 0.3 is 0 Å². The predicted octanol–water partition coefficient (Wildman–Crippen LogP) is 4.11. The lowest BCUT2D eigenvalue weighted by Crippen LogP contribution is -2.51. The molecule has 0 spiro atoms. The highest BCUT2D eigenvalue weighted by molar-refractivity contribution is 6.30. The van der Waals surface area contributed by atoms with Gasteiger partial charge < -0.3 is 19.7 Å². The number of likely N-dealkylation sites (N-methyl/N-ethyl adjacent to an activating group) is 1. The summed E-state index contributed by atoms with van der Waals surface area (Å²) in [5, 5.41) is 3.30. The number of nitrogens with zero attached hydrogens (tertiary/aromatic N) is 1. The molecule has 0 bridgehead atoms. The SMILES string of the molecule is CNC(=O)C(Cc1ccccc1)N(Cc1ccc(Cl)cc1)C(=O)COc1ccc(OC)cc1. The van der Waals surface area contributed by atoms with Crippen molar-refractivity contribution in [3.63, 3.8) is 0 Å². The van der Waals surface area contributed by atoms with Crippen molar-refractivity contribution in [3.05, 3.63) is 95.0 Å². The third-order valence-electron chi connectivity index (χ3n) is 5.21. The smallest absolute Gasteiger partial charge is 0.261 e. The monoisotopic (exact) mass is 466 g/mol. The highest BCUT2D eigenvalue weighted by Gasteiger charge is 2.30. The van der Waals surface area contributed by atoms with Gasteiger partial charge in [0.1, 0.15) is 17.5 Å². The van der Waals surface area contributed by atoms with Gasteiger partial charge in [-0.1, -0.05) is 54.1 Å². The van der Waals surface area contributed by atoms with E-state index in [0.29, 0.717) is 22.9 Å². The molecule has 3 rings (SSSR count). The van der Waals surface area contributed by atoms with Crippen molar-refractivity contribution in [2.75, 3.05) is 20.8 Å². The fraction of sp³-hybridized carbons (Fsp3) is 0.231. The van der Waals surface area contributed by atoms with E-state index in [4.69, 9.17) is 21.1 Å². The molecule has 3 aromatic rings. The number of amides is 2. The molecule has 7 heteroatoms. The number of carbonyl (C=O) groups excluding carboxylic acids is 2. The zero-order chi connectivity index (χ0) is 23.6. The summed E-state index contributed by atoms with van der Waals surface area (Å²) in [6.45, 7) is 0.0368. The maximum Gasteiger partial charge on any atom is 0.261 e. The number of nitrogens with one attached hydrogen (secondary N) is 1. The van der Waals surface area contributed by atoms with Crippen molar-refractivity contribution in [2.45, 2.75) is 19.0 Å². The number of rotatable bonds is 10. The first-order valence-electron chi connectivity index (χ1n) is 10.6. The van der Waals surface area contributed by atoms with Crippen LogP contribution in [0, 0.1) is 0 Å². The number of methoxy groups -OCH3 is 1. The van der Waals surface area contributed by atoms with E-state index >= 15 is 0 Å². The molecule has 0 saturated heterocycles. The average Bonchev–Trinajstić information content (AvgIpc) is 2.86. The highest BCUT2D eigenvalue weighted by Crippen LogP contribution is 2.19. The van der Waals surface area contributed by atoms with Crippen LogP contribution in [0.25, 0.3) is 0 Å². The van der Waals surface area contributed by atoms with Gasteiger partial charge in [0, 0.05) is 25.0 Å². The van der Waals surface area contributed by atoms with Gasteiger partial charge in [0.25, 0.3) is 5.91 Å². The summed E-state index contributed by atoms with van der Waals surface area (Å²) in [6.07, 6.45) is 0.377. The van der Waals surface area contributed by atoms with E-state index in [9.17, 15) is 9.59 Å². The average molecular weight is 467 g/mol. The summed E-state index contributed by atoms with van der Waals surface area (Å²) in [5.41, 5.74) is 1.82. The molecule has 0 aliphatic heterocycles. The van der Waals surface area contributed by atoms with Gasteiger partial charge in [-0.25, -0.2) is 0 Å². The van der Waals surface area contributed by atoms with Crippen molar-refractivity contribution < 1.29 is 19.1 Å². The summed E-state index contributed by atoms with van der Waals surface area (Å²) in [5.74, 6) is 0.687. The Labute approximate surface area is 199 Å². The Morgan fingerprint density at radius 1 is 0.909 bits per heavy atom. The Morgan fingerprint density at radius 3 is 2.15 bits per heavy atom. The predicted molar refractivity (Wildman–Crippen MR) is 128 cm³/mol. The maximum atomic E-state index is 13.3. The van der Waals surface area contributed by atoms with Gasteiger partial charge in [-0.15, -0.1) is 0 Å². The molecule has 0 heterocycles. The quantitative estimate of drug-likeness (QED) is 0.488. The van der Waals surface area contributed by atoms with Crippen LogP contribution in [0.4, 0.5) is 0 Å². The fourth-order valence-corrected chi connectivity index (χ4v) is 3.53. The van der Waals surface area contributed by atoms with Crippen molar-refractivity contribution in [2.24, 2.45) is 0 Å². The third kappa shape index (κ3) is 6.99. The standard InChI is InChI=1S/C26H27ClN2O4/c1-28-26(31)24(16-19-6-4-3-5-7-19)29(17-20-8-10-21(27)11-9-20)25(30)18-33-23-14-12-22(32-2)13-15-23/h3-15,24H,16-18H2,1-2H3,(H,28,31). The molecule has 0 aliphatic rings. The van der Waals surface area contributed by atoms with Crippen molar-refractivity contribution >= 4 is 23.4 Å². The Hall–Kier alpha value is -3.51. The molecule has 1 atom stereocenters. The number of hydrogen-bond acceptors (Lipinski definition) is 4. The summed E-state index contributed by atoms with van der Waals surface area (Å²) in [6, 6.07) is 23.1. The molecule has 1 unspecified atom stereocenters. The fourth-order valence-electron chi connectivity index (χ4n) is 3.41. The Morgan fingerprint density at radius 2 is 1.55 bits per heavy atom. The van der Waals surface area contributed by atoms with E-state index in [-0.39, 0.29) is 25.0 Å². The van der Waals surface area contributed by atoms with Gasteiger partial charge in [-0.05, 0) is 47.5 Å². The minimum absolute atomic E-state index is 0.206. The molecular weight excluding hydrogens is 440 g/mol. The number of hydrogen-bond donors (Lipinski definition) is 1. The summed E-state index contributed by atoms with van der Waals surface area (Å²) >= 11 is 6.02. The van der Waals surface area contributed by atoms with Crippen LogP contribution in [0.3, 0.4) is 0 Å². The number of ether oxygens (including phenoxy) is 2. The minimum atomic E-state index is -0.708. The van der Waals surface area contributed by atoms with E-state index in [0.717, 1.165) is 11.1 Å². The first kappa shape index (κ1) is 24.1. The van der Waals surface area contributed by atoms with Crippen LogP contribution < -0.4 is 14.8 Å². The second-order valence-electron chi connectivity index (χ2n) is 7.43. The van der Waals surface area contributed by atoms with Crippen molar-refractivity contribution in [3.8, 4) is 11.5 Å². The summed E-state index contributed by atoms with van der Waals surface area (Å²) in [7, 11) is 3.15. The lowest BCUT2D eigenvalue weighted by atomic mass is 10.0. The van der Waals surface area contributed by atoms with E-state index in [1.165, 1.54) is 0 Å². The number of halogens is 1. The van der Waals surface area contributed by atoms with Gasteiger partial charge in [-0.2, -0.15) is 0 Å². The summed E-state index contributed by atoms with van der Waals surface area (Å²) in [4.78, 5) is 27.8. The van der Waals surface area contributed by atoms with Crippen LogP contribution >= 0.6 is 11.6 Å². The zero-order valence-electron chi connectivity index (χ0n) is 18.7. The molecule has 172 valence electrons. The van der Waals surface area contributed by atoms with E-state index in [1.54, 1.807) is 55.5 Å². The minimum Gasteiger partial charge on any atom is -0.497 e. The largest absolute Gasteiger partial charge is 0.497 e. The Bertz CT molecular complexity index is 1040. The molecule has 0 aliphatic carbocycles. The van der Waals surface area contributed by atoms with Gasteiger partial charge in [-0.3, -0.25) is 9.59 Å². The van der Waals surface area contributed by atoms with Gasteiger partial charge in [0.2, 0.25) is 5.91 Å². The van der Waals surface area contributed by atoms with Gasteiger partial charge in [0.05, 0.1) is 7.11 Å². The second-order valence-corrected chi connectivity index (χ2v) is 7.87. The zero-order valence-corrected chi connectivity index (χ0v) is 19.4. The third-order valence-corrected chi connectivity index (χ3v) is 5.46. The molecule has 6 nitrogen and oxygen atoms in total. The maximum absolute atomic E-state index is 13.3. The molecule has 33 heavy (non-hydrogen) atoms. The van der Waals surface area contributed by atoms with Crippen LogP contribution in [0.2, 0.25) is 5.02 Å². The highest BCUT2D eigenvalue weighted by atomic mass is 35.5. The molecule has 1 N–H and O–H groups in total.